The Morgan fingerprint density at radius 3 is 1.39 bits per heavy atom. The van der Waals surface area contributed by atoms with Gasteiger partial charge in [-0.05, 0) is 92.3 Å². The van der Waals surface area contributed by atoms with E-state index in [1.165, 1.54) is 84.1 Å². The number of rotatable bonds is 5. The largest absolute Gasteiger partial charge is 0.310 e. The van der Waals surface area contributed by atoms with Crippen molar-refractivity contribution in [2.75, 3.05) is 4.90 Å². The van der Waals surface area contributed by atoms with Crippen molar-refractivity contribution in [2.45, 2.75) is 0 Å². The highest BCUT2D eigenvalue weighted by atomic mass is 32.1. The molecule has 0 N–H and O–H groups in total. The molecule has 0 saturated carbocycles. The van der Waals surface area contributed by atoms with Crippen LogP contribution in [0.15, 0.2) is 194 Å². The Hall–Kier alpha value is -6.85. The lowest BCUT2D eigenvalue weighted by atomic mass is 9.99. The lowest BCUT2D eigenvalue weighted by Crippen LogP contribution is -2.09. The Kier molecular flexibility index (Phi) is 7.31. The van der Waals surface area contributed by atoms with E-state index in [9.17, 15) is 0 Å². The topological polar surface area (TPSA) is 16.1 Å². The quantitative estimate of drug-likeness (QED) is 0.174. The Morgan fingerprint density at radius 1 is 0.333 bits per heavy atom. The number of aromatic nitrogens is 1. The minimum atomic E-state index is 1.01. The summed E-state index contributed by atoms with van der Waals surface area (Å²) in [6.07, 6.45) is 1.86. The van der Waals surface area contributed by atoms with Crippen molar-refractivity contribution in [3.8, 4) is 22.3 Å². The molecule has 57 heavy (non-hydrogen) atoms. The molecule has 0 spiro atoms. The Balaban J connectivity index is 0.967. The molecule has 12 rings (SSSR count). The van der Waals surface area contributed by atoms with Crippen LogP contribution in [-0.2, 0) is 0 Å². The molecule has 0 aliphatic heterocycles. The average molecular weight is 761 g/mol. The maximum Gasteiger partial charge on any atom is 0.0708 e. The van der Waals surface area contributed by atoms with Gasteiger partial charge in [0.25, 0.3) is 0 Å². The number of hydrogen-bond donors (Lipinski definition) is 0. The van der Waals surface area contributed by atoms with Crippen LogP contribution >= 0.6 is 22.7 Å². The zero-order valence-electron chi connectivity index (χ0n) is 30.7. The van der Waals surface area contributed by atoms with Crippen molar-refractivity contribution >= 4 is 113 Å². The van der Waals surface area contributed by atoms with E-state index in [1.54, 1.807) is 0 Å². The van der Waals surface area contributed by atoms with Crippen molar-refractivity contribution in [3.63, 3.8) is 0 Å². The lowest BCUT2D eigenvalue weighted by molar-refractivity contribution is 1.30. The summed E-state index contributed by atoms with van der Waals surface area (Å²) in [5, 5.41) is 11.6. The molecule has 0 saturated heterocycles. The van der Waals surface area contributed by atoms with Gasteiger partial charge in [0.15, 0.2) is 0 Å². The standard InChI is InChI=1S/C53H32N2S2/c1-3-9-43-36(6-1)19-25-47-45-27-23-41(31-50(45)56-52(43)47)55(42-24-28-46-48-26-20-37-7-2-4-10-44(37)53(48)57-51(46)32-42)40-21-17-34(18-22-40)33-11-13-35(14-12-33)39-16-15-38-8-5-29-54-49(38)30-39/h1-32H. The summed E-state index contributed by atoms with van der Waals surface area (Å²) < 4.78 is 5.27. The number of fused-ring (bicyclic) bond motifs is 11. The minimum absolute atomic E-state index is 1.01. The first-order chi connectivity index (χ1) is 28.2. The third-order valence-corrected chi connectivity index (χ3v) is 13.9. The molecule has 0 unspecified atom stereocenters. The highest BCUT2D eigenvalue weighted by Gasteiger charge is 2.18. The molecular weight excluding hydrogens is 729 g/mol. The van der Waals surface area contributed by atoms with Gasteiger partial charge in [-0.15, -0.1) is 22.7 Å². The van der Waals surface area contributed by atoms with Gasteiger partial charge in [-0.25, -0.2) is 0 Å². The number of nitrogens with zero attached hydrogens (tertiary/aromatic N) is 2. The SMILES string of the molecule is c1cnc2cc(-c3ccc(-c4ccc(N(c5ccc6c(c5)sc5c7ccccc7ccc65)c5ccc6c(c5)sc5c7ccccc7ccc65)cc4)cc3)ccc2c1. The maximum absolute atomic E-state index is 4.57. The fourth-order valence-corrected chi connectivity index (χ4v) is 11.2. The first-order valence-electron chi connectivity index (χ1n) is 19.3. The number of benzene rings is 9. The second-order valence-corrected chi connectivity index (χ2v) is 16.9. The van der Waals surface area contributed by atoms with Crippen LogP contribution in [0.2, 0.25) is 0 Å². The highest BCUT2D eigenvalue weighted by molar-refractivity contribution is 7.27. The Labute approximate surface area is 337 Å². The van der Waals surface area contributed by atoms with Crippen LogP contribution in [0.3, 0.4) is 0 Å². The van der Waals surface area contributed by atoms with Crippen LogP contribution in [0.5, 0.6) is 0 Å². The second kappa shape index (κ2) is 12.9. The summed E-state index contributed by atoms with van der Waals surface area (Å²) in [6.45, 7) is 0. The molecule has 0 bridgehead atoms. The van der Waals surface area contributed by atoms with Gasteiger partial charge in [0.1, 0.15) is 0 Å². The zero-order chi connectivity index (χ0) is 37.5. The Bertz CT molecular complexity index is 3370. The third kappa shape index (κ3) is 5.33. The molecule has 3 aromatic heterocycles. The normalized spacial score (nSPS) is 11.9. The monoisotopic (exact) mass is 760 g/mol. The molecule has 266 valence electrons. The van der Waals surface area contributed by atoms with Crippen molar-refractivity contribution in [1.82, 2.24) is 4.98 Å². The van der Waals surface area contributed by atoms with Gasteiger partial charge in [-0.3, -0.25) is 4.98 Å². The van der Waals surface area contributed by atoms with Crippen LogP contribution < -0.4 is 4.90 Å². The van der Waals surface area contributed by atoms with Crippen LogP contribution in [-0.4, -0.2) is 4.98 Å². The first-order valence-corrected chi connectivity index (χ1v) is 20.9. The van der Waals surface area contributed by atoms with E-state index >= 15 is 0 Å². The van der Waals surface area contributed by atoms with Gasteiger partial charge in [-0.1, -0.05) is 140 Å². The first kappa shape index (κ1) is 32.4. The molecule has 0 amide bonds. The molecule has 0 aliphatic rings. The summed E-state index contributed by atoms with van der Waals surface area (Å²) in [5.74, 6) is 0. The maximum atomic E-state index is 4.57. The molecule has 9 aromatic carbocycles. The van der Waals surface area contributed by atoms with Crippen LogP contribution in [0.1, 0.15) is 0 Å². The molecule has 0 atom stereocenters. The minimum Gasteiger partial charge on any atom is -0.310 e. The number of anilines is 3. The van der Waals surface area contributed by atoms with Crippen molar-refractivity contribution in [1.29, 1.82) is 0 Å². The van der Waals surface area contributed by atoms with Gasteiger partial charge >= 0.3 is 0 Å². The summed E-state index contributed by atoms with van der Waals surface area (Å²) in [7, 11) is 0. The molecule has 2 nitrogen and oxygen atoms in total. The van der Waals surface area contributed by atoms with Gasteiger partial charge in [0, 0.05) is 69.0 Å². The fraction of sp³-hybridized carbons (Fsp3) is 0. The van der Waals surface area contributed by atoms with E-state index in [-0.39, 0.29) is 0 Å². The molecule has 3 heterocycles. The molecule has 0 aliphatic carbocycles. The molecule has 12 aromatic rings. The van der Waals surface area contributed by atoms with Crippen LogP contribution in [0.4, 0.5) is 17.1 Å². The lowest BCUT2D eigenvalue weighted by Gasteiger charge is -2.26. The van der Waals surface area contributed by atoms with Crippen molar-refractivity contribution in [2.24, 2.45) is 0 Å². The third-order valence-electron chi connectivity index (χ3n) is 11.5. The van der Waals surface area contributed by atoms with Crippen molar-refractivity contribution in [3.05, 3.63) is 194 Å². The van der Waals surface area contributed by atoms with E-state index in [1.807, 2.05) is 34.9 Å². The van der Waals surface area contributed by atoms with E-state index in [2.05, 4.69) is 192 Å². The number of thiophene rings is 2. The van der Waals surface area contributed by atoms with Gasteiger partial charge in [0.2, 0.25) is 0 Å². The molecule has 0 fully saturated rings. The summed E-state index contributed by atoms with van der Waals surface area (Å²) >= 11 is 3.78. The predicted molar refractivity (Wildman–Crippen MR) is 248 cm³/mol. The molecular formula is C53H32N2S2. The van der Waals surface area contributed by atoms with Gasteiger partial charge in [-0.2, -0.15) is 0 Å². The van der Waals surface area contributed by atoms with E-state index in [0.717, 1.165) is 28.0 Å². The van der Waals surface area contributed by atoms with Gasteiger partial charge < -0.3 is 4.90 Å². The molecule has 0 radical (unpaired) electrons. The number of pyridine rings is 1. The second-order valence-electron chi connectivity index (χ2n) is 14.8. The average Bonchev–Trinajstić information content (AvgIpc) is 3.85. The zero-order valence-corrected chi connectivity index (χ0v) is 32.3. The molecule has 4 heteroatoms. The van der Waals surface area contributed by atoms with Gasteiger partial charge in [0.05, 0.1) is 5.52 Å². The van der Waals surface area contributed by atoms with E-state index < -0.39 is 0 Å². The fourth-order valence-electron chi connectivity index (χ4n) is 8.62. The number of hydrogen-bond acceptors (Lipinski definition) is 4. The Morgan fingerprint density at radius 2 is 0.789 bits per heavy atom. The van der Waals surface area contributed by atoms with Crippen molar-refractivity contribution < 1.29 is 0 Å². The van der Waals surface area contributed by atoms with Crippen LogP contribution in [0, 0.1) is 0 Å². The van der Waals surface area contributed by atoms with E-state index in [4.69, 9.17) is 0 Å². The summed E-state index contributed by atoms with van der Waals surface area (Å²) in [5.41, 5.74) is 9.15. The van der Waals surface area contributed by atoms with E-state index in [0.29, 0.717) is 0 Å². The smallest absolute Gasteiger partial charge is 0.0708 e. The summed E-state index contributed by atoms with van der Waals surface area (Å²) in [4.78, 5) is 6.99. The highest BCUT2D eigenvalue weighted by Crippen LogP contribution is 2.45. The summed E-state index contributed by atoms with van der Waals surface area (Å²) in [6, 6.07) is 69.0. The van der Waals surface area contributed by atoms with Crippen LogP contribution in [0.25, 0.3) is 95.0 Å². The predicted octanol–water partition coefficient (Wildman–Crippen LogP) is 16.1.